The summed E-state index contributed by atoms with van der Waals surface area (Å²) in [5, 5.41) is 3.09. The molecule has 26 heavy (non-hydrogen) atoms. The van der Waals surface area contributed by atoms with Crippen molar-refractivity contribution in [2.45, 2.75) is 20.8 Å². The molecule has 0 saturated heterocycles. The third-order valence-electron chi connectivity index (χ3n) is 4.17. The molecule has 3 rings (SSSR count). The van der Waals surface area contributed by atoms with Crippen LogP contribution in [0.2, 0.25) is 0 Å². The van der Waals surface area contributed by atoms with Crippen LogP contribution in [-0.4, -0.2) is 23.3 Å². The van der Waals surface area contributed by atoms with Crippen LogP contribution in [0.3, 0.4) is 0 Å². The maximum Gasteiger partial charge on any atom is 0.278 e. The summed E-state index contributed by atoms with van der Waals surface area (Å²) in [6.45, 7) is 6.20. The van der Waals surface area contributed by atoms with Crippen molar-refractivity contribution in [2.75, 3.05) is 11.9 Å². The normalized spacial score (nSPS) is 14.6. The monoisotopic (exact) mass is 352 g/mol. The fourth-order valence-corrected chi connectivity index (χ4v) is 2.89. The SMILES string of the molecule is Cc1ccc(NC2=C(c3ccc(F)cc3)C(=O)N(CC(C)C)C2=O)cc1. The molecule has 0 aliphatic carbocycles. The first-order chi connectivity index (χ1) is 12.4. The number of halogens is 1. The van der Waals surface area contributed by atoms with Crippen LogP contribution in [-0.2, 0) is 9.59 Å². The van der Waals surface area contributed by atoms with Crippen LogP contribution in [0, 0.1) is 18.7 Å². The molecule has 0 radical (unpaired) electrons. The zero-order chi connectivity index (χ0) is 18.8. The number of rotatable bonds is 5. The van der Waals surface area contributed by atoms with E-state index in [0.29, 0.717) is 12.1 Å². The molecule has 2 amide bonds. The van der Waals surface area contributed by atoms with E-state index in [4.69, 9.17) is 0 Å². The lowest BCUT2D eigenvalue weighted by atomic mass is 10.0. The lowest BCUT2D eigenvalue weighted by molar-refractivity contribution is -0.137. The number of nitrogens with one attached hydrogen (secondary N) is 1. The highest BCUT2D eigenvalue weighted by molar-refractivity contribution is 6.36. The van der Waals surface area contributed by atoms with Crippen LogP contribution in [0.5, 0.6) is 0 Å². The summed E-state index contributed by atoms with van der Waals surface area (Å²) in [5.74, 6) is -0.956. The van der Waals surface area contributed by atoms with Crippen molar-refractivity contribution in [2.24, 2.45) is 5.92 Å². The maximum atomic E-state index is 13.3. The highest BCUT2D eigenvalue weighted by Gasteiger charge is 2.39. The van der Waals surface area contributed by atoms with Crippen LogP contribution < -0.4 is 5.32 Å². The van der Waals surface area contributed by atoms with Gasteiger partial charge in [0.05, 0.1) is 5.57 Å². The predicted molar refractivity (Wildman–Crippen MR) is 99.7 cm³/mol. The molecule has 134 valence electrons. The van der Waals surface area contributed by atoms with E-state index in [1.165, 1.54) is 29.2 Å². The van der Waals surface area contributed by atoms with Crippen molar-refractivity contribution >= 4 is 23.1 Å². The molecule has 0 unspecified atom stereocenters. The molecule has 0 atom stereocenters. The van der Waals surface area contributed by atoms with Crippen LogP contribution >= 0.6 is 0 Å². The van der Waals surface area contributed by atoms with E-state index in [0.717, 1.165) is 11.3 Å². The maximum absolute atomic E-state index is 13.3. The van der Waals surface area contributed by atoms with Crippen molar-refractivity contribution < 1.29 is 14.0 Å². The van der Waals surface area contributed by atoms with Crippen LogP contribution in [0.4, 0.5) is 10.1 Å². The van der Waals surface area contributed by atoms with E-state index < -0.39 is 5.82 Å². The first-order valence-corrected chi connectivity index (χ1v) is 8.57. The molecule has 1 aliphatic heterocycles. The van der Waals surface area contributed by atoms with E-state index in [2.05, 4.69) is 5.32 Å². The molecule has 2 aromatic carbocycles. The highest BCUT2D eigenvalue weighted by Crippen LogP contribution is 2.31. The number of amides is 2. The zero-order valence-electron chi connectivity index (χ0n) is 15.0. The molecular formula is C21H21FN2O2. The van der Waals surface area contributed by atoms with Gasteiger partial charge in [-0.3, -0.25) is 14.5 Å². The Labute approximate surface area is 152 Å². The number of nitrogens with zero attached hydrogens (tertiary/aromatic N) is 1. The highest BCUT2D eigenvalue weighted by atomic mass is 19.1. The lowest BCUT2D eigenvalue weighted by Crippen LogP contribution is -2.35. The summed E-state index contributed by atoms with van der Waals surface area (Å²) < 4.78 is 13.3. The molecule has 4 nitrogen and oxygen atoms in total. The molecule has 1 aliphatic rings. The van der Waals surface area contributed by atoms with Crippen molar-refractivity contribution in [3.05, 3.63) is 71.2 Å². The van der Waals surface area contributed by atoms with Crippen molar-refractivity contribution in [3.8, 4) is 0 Å². The van der Waals surface area contributed by atoms with Gasteiger partial charge < -0.3 is 5.32 Å². The third kappa shape index (κ3) is 3.52. The molecule has 0 bridgehead atoms. The summed E-state index contributed by atoms with van der Waals surface area (Å²) in [7, 11) is 0. The zero-order valence-corrected chi connectivity index (χ0v) is 15.0. The summed E-state index contributed by atoms with van der Waals surface area (Å²) in [6, 6.07) is 13.2. The molecule has 0 spiro atoms. The first-order valence-electron chi connectivity index (χ1n) is 8.57. The van der Waals surface area contributed by atoms with Gasteiger partial charge >= 0.3 is 0 Å². The predicted octanol–water partition coefficient (Wildman–Crippen LogP) is 3.98. The van der Waals surface area contributed by atoms with Crippen LogP contribution in [0.25, 0.3) is 5.57 Å². The first kappa shape index (κ1) is 17.9. The Balaban J connectivity index is 2.04. The molecule has 1 N–H and O–H groups in total. The average molecular weight is 352 g/mol. The second-order valence-corrected chi connectivity index (χ2v) is 6.86. The summed E-state index contributed by atoms with van der Waals surface area (Å²) in [5.41, 5.74) is 2.84. The molecule has 2 aromatic rings. The topological polar surface area (TPSA) is 49.4 Å². The largest absolute Gasteiger partial charge is 0.350 e. The van der Waals surface area contributed by atoms with Gasteiger partial charge in [0.25, 0.3) is 11.8 Å². The van der Waals surface area contributed by atoms with Crippen LogP contribution in [0.1, 0.15) is 25.0 Å². The second kappa shape index (κ2) is 7.12. The minimum Gasteiger partial charge on any atom is -0.350 e. The quantitative estimate of drug-likeness (QED) is 0.828. The van der Waals surface area contributed by atoms with E-state index in [1.54, 1.807) is 0 Å². The van der Waals surface area contributed by atoms with Crippen molar-refractivity contribution in [1.29, 1.82) is 0 Å². The van der Waals surface area contributed by atoms with Crippen LogP contribution in [0.15, 0.2) is 54.2 Å². The number of carbonyl (C=O) groups excluding carboxylic acids is 2. The Bertz CT molecular complexity index is 868. The van der Waals surface area contributed by atoms with Gasteiger partial charge in [-0.05, 0) is 42.7 Å². The van der Waals surface area contributed by atoms with E-state index in [-0.39, 0.29) is 29.0 Å². The Kier molecular flexibility index (Phi) is 4.89. The molecule has 0 aromatic heterocycles. The molecule has 1 heterocycles. The summed E-state index contributed by atoms with van der Waals surface area (Å²) in [4.78, 5) is 27.0. The molecule has 0 saturated carbocycles. The smallest absolute Gasteiger partial charge is 0.278 e. The minimum absolute atomic E-state index is 0.149. The van der Waals surface area contributed by atoms with Gasteiger partial charge in [0.15, 0.2) is 0 Å². The van der Waals surface area contributed by atoms with E-state index >= 15 is 0 Å². The van der Waals surface area contributed by atoms with E-state index in [1.807, 2.05) is 45.0 Å². The Morgan fingerprint density at radius 1 is 0.962 bits per heavy atom. The third-order valence-corrected chi connectivity index (χ3v) is 4.17. The summed E-state index contributed by atoms with van der Waals surface area (Å²) >= 11 is 0. The van der Waals surface area contributed by atoms with Crippen molar-refractivity contribution in [1.82, 2.24) is 4.90 Å². The van der Waals surface area contributed by atoms with Crippen molar-refractivity contribution in [3.63, 3.8) is 0 Å². The van der Waals surface area contributed by atoms with Gasteiger partial charge in [-0.15, -0.1) is 0 Å². The van der Waals surface area contributed by atoms with Gasteiger partial charge in [0, 0.05) is 12.2 Å². The van der Waals surface area contributed by atoms with Gasteiger partial charge in [0.2, 0.25) is 0 Å². The number of hydrogen-bond donors (Lipinski definition) is 1. The molecular weight excluding hydrogens is 331 g/mol. The Hall–Kier alpha value is -2.95. The fourth-order valence-electron chi connectivity index (χ4n) is 2.89. The number of anilines is 1. The number of carbonyl (C=O) groups is 2. The van der Waals surface area contributed by atoms with E-state index in [9.17, 15) is 14.0 Å². The Morgan fingerprint density at radius 3 is 2.15 bits per heavy atom. The van der Waals surface area contributed by atoms with Gasteiger partial charge in [0.1, 0.15) is 11.5 Å². The lowest BCUT2D eigenvalue weighted by Gasteiger charge is -2.17. The number of hydrogen-bond acceptors (Lipinski definition) is 3. The van der Waals surface area contributed by atoms with Gasteiger partial charge in [-0.2, -0.15) is 0 Å². The molecule has 0 fully saturated rings. The minimum atomic E-state index is -0.391. The Morgan fingerprint density at radius 2 is 1.58 bits per heavy atom. The standard InChI is InChI=1S/C21H21FN2O2/c1-13(2)12-24-20(25)18(15-6-8-16(22)9-7-15)19(21(24)26)23-17-10-4-14(3)5-11-17/h4-11,13,23H,12H2,1-3H3. The fraction of sp³-hybridized carbons (Fsp3) is 0.238. The summed E-state index contributed by atoms with van der Waals surface area (Å²) in [6.07, 6.45) is 0. The van der Waals surface area contributed by atoms with Gasteiger partial charge in [-0.1, -0.05) is 43.7 Å². The molecule has 5 heteroatoms. The van der Waals surface area contributed by atoms with Gasteiger partial charge in [-0.25, -0.2) is 4.39 Å². The number of imide groups is 1. The second-order valence-electron chi connectivity index (χ2n) is 6.86. The number of aryl methyl sites for hydroxylation is 1. The average Bonchev–Trinajstić information content (AvgIpc) is 2.82. The number of benzene rings is 2.